The van der Waals surface area contributed by atoms with Gasteiger partial charge in [0.1, 0.15) is 16.4 Å². The van der Waals surface area contributed by atoms with Crippen LogP contribution >= 0.6 is 23.2 Å². The summed E-state index contributed by atoms with van der Waals surface area (Å²) < 4.78 is 31.2. The molecule has 138 valence electrons. The van der Waals surface area contributed by atoms with E-state index in [0.29, 0.717) is 16.7 Å². The first-order valence-corrected chi connectivity index (χ1v) is 9.95. The molecule has 1 heterocycles. The summed E-state index contributed by atoms with van der Waals surface area (Å²) in [6.45, 7) is 0. The van der Waals surface area contributed by atoms with E-state index in [1.54, 1.807) is 18.2 Å². The minimum absolute atomic E-state index is 0.0124. The van der Waals surface area contributed by atoms with Crippen LogP contribution in [-0.2, 0) is 19.9 Å². The summed E-state index contributed by atoms with van der Waals surface area (Å²) in [6, 6.07) is 14.8. The van der Waals surface area contributed by atoms with Crippen LogP contribution in [0.15, 0.2) is 65.6 Å². The van der Waals surface area contributed by atoms with E-state index in [0.717, 1.165) is 0 Å². The third-order valence-electron chi connectivity index (χ3n) is 4.46. The molecule has 0 saturated heterocycles. The molecule has 3 aromatic rings. The van der Waals surface area contributed by atoms with Gasteiger partial charge in [0.25, 0.3) is 10.1 Å². The molecule has 0 aromatic heterocycles. The summed E-state index contributed by atoms with van der Waals surface area (Å²) >= 11 is 12.4. The lowest BCUT2D eigenvalue weighted by molar-refractivity contribution is 0.180. The molecular weight excluding hydrogens is 411 g/mol. The molecule has 1 atom stereocenters. The van der Waals surface area contributed by atoms with Gasteiger partial charge >= 0.3 is 0 Å². The smallest absolute Gasteiger partial charge is 0.298 e. The van der Waals surface area contributed by atoms with Crippen LogP contribution < -0.4 is 0 Å². The Morgan fingerprint density at radius 1 is 0.852 bits per heavy atom. The Kier molecular flexibility index (Phi) is 4.12. The SMILES string of the molecule is O=S1(=O)OC(c2ccc(O)c(Cl)c2)(c2ccc(O)cc2Cl)c2ccccc21. The van der Waals surface area contributed by atoms with E-state index in [9.17, 15) is 18.6 Å². The second-order valence-electron chi connectivity index (χ2n) is 6.05. The largest absolute Gasteiger partial charge is 0.508 e. The number of phenols is 2. The van der Waals surface area contributed by atoms with Crippen molar-refractivity contribution in [2.75, 3.05) is 0 Å². The summed E-state index contributed by atoms with van der Waals surface area (Å²) in [5.41, 5.74) is -0.569. The maximum Gasteiger partial charge on any atom is 0.298 e. The first kappa shape index (κ1) is 18.1. The van der Waals surface area contributed by atoms with Crippen LogP contribution in [0.2, 0.25) is 10.0 Å². The molecule has 1 aliphatic rings. The zero-order valence-electron chi connectivity index (χ0n) is 13.6. The van der Waals surface area contributed by atoms with Crippen molar-refractivity contribution in [3.05, 3.63) is 87.4 Å². The lowest BCUT2D eigenvalue weighted by Gasteiger charge is -2.30. The molecule has 0 fully saturated rings. The van der Waals surface area contributed by atoms with Crippen LogP contribution in [0.25, 0.3) is 0 Å². The maximum absolute atomic E-state index is 12.7. The molecular formula is C19H12Cl2O5S. The molecule has 0 amide bonds. The third kappa shape index (κ3) is 2.68. The summed E-state index contributed by atoms with van der Waals surface area (Å²) in [5.74, 6) is -0.224. The van der Waals surface area contributed by atoms with Crippen molar-refractivity contribution in [3.63, 3.8) is 0 Å². The van der Waals surface area contributed by atoms with Gasteiger partial charge in [-0.25, -0.2) is 4.18 Å². The fourth-order valence-electron chi connectivity index (χ4n) is 3.29. The lowest BCUT2D eigenvalue weighted by atomic mass is 9.80. The predicted octanol–water partition coefficient (Wildman–Crippen LogP) is 4.42. The van der Waals surface area contributed by atoms with E-state index in [-0.39, 0.29) is 26.4 Å². The van der Waals surface area contributed by atoms with Gasteiger partial charge in [-0.1, -0.05) is 53.5 Å². The van der Waals surface area contributed by atoms with Crippen molar-refractivity contribution in [3.8, 4) is 11.5 Å². The Morgan fingerprint density at radius 3 is 2.30 bits per heavy atom. The second-order valence-corrected chi connectivity index (χ2v) is 8.37. The maximum atomic E-state index is 12.7. The lowest BCUT2D eigenvalue weighted by Crippen LogP contribution is -2.30. The van der Waals surface area contributed by atoms with Crippen molar-refractivity contribution in [1.82, 2.24) is 0 Å². The summed E-state index contributed by atoms with van der Waals surface area (Å²) in [5, 5.41) is 19.6. The van der Waals surface area contributed by atoms with Gasteiger partial charge in [-0.2, -0.15) is 8.42 Å². The molecule has 27 heavy (non-hydrogen) atoms. The number of rotatable bonds is 2. The van der Waals surface area contributed by atoms with Crippen molar-refractivity contribution >= 4 is 33.3 Å². The van der Waals surface area contributed by atoms with E-state index >= 15 is 0 Å². The van der Waals surface area contributed by atoms with E-state index in [1.807, 2.05) is 0 Å². The quantitative estimate of drug-likeness (QED) is 0.597. The van der Waals surface area contributed by atoms with Crippen LogP contribution in [-0.4, -0.2) is 18.6 Å². The average molecular weight is 423 g/mol. The fraction of sp³-hybridized carbons (Fsp3) is 0.0526. The molecule has 3 aromatic carbocycles. The highest BCUT2D eigenvalue weighted by Gasteiger charge is 2.52. The average Bonchev–Trinajstić information content (AvgIpc) is 2.86. The van der Waals surface area contributed by atoms with Crippen molar-refractivity contribution < 1.29 is 22.8 Å². The van der Waals surface area contributed by atoms with Crippen LogP contribution in [0.1, 0.15) is 16.7 Å². The highest BCUT2D eigenvalue weighted by atomic mass is 35.5. The van der Waals surface area contributed by atoms with Crippen LogP contribution in [0.4, 0.5) is 0 Å². The summed E-state index contributed by atoms with van der Waals surface area (Å²) in [6.07, 6.45) is 0. The third-order valence-corrected chi connectivity index (χ3v) is 6.44. The highest BCUT2D eigenvalue weighted by Crippen LogP contribution is 2.52. The van der Waals surface area contributed by atoms with Gasteiger partial charge in [0.15, 0.2) is 5.60 Å². The predicted molar refractivity (Wildman–Crippen MR) is 101 cm³/mol. The molecule has 2 N–H and O–H groups in total. The molecule has 5 nitrogen and oxygen atoms in total. The van der Waals surface area contributed by atoms with Crippen LogP contribution in [0.5, 0.6) is 11.5 Å². The minimum atomic E-state index is -4.09. The van der Waals surface area contributed by atoms with E-state index in [4.69, 9.17) is 27.4 Å². The Balaban J connectivity index is 2.14. The molecule has 8 heteroatoms. The number of halogens is 2. The van der Waals surface area contributed by atoms with E-state index in [1.165, 1.54) is 42.5 Å². The van der Waals surface area contributed by atoms with Gasteiger partial charge in [0.2, 0.25) is 0 Å². The number of benzene rings is 3. The van der Waals surface area contributed by atoms with Gasteiger partial charge in [-0.3, -0.25) is 0 Å². The Hall–Kier alpha value is -2.25. The van der Waals surface area contributed by atoms with Crippen LogP contribution in [0, 0.1) is 0 Å². The van der Waals surface area contributed by atoms with Crippen molar-refractivity contribution in [1.29, 1.82) is 0 Å². The zero-order valence-corrected chi connectivity index (χ0v) is 15.9. The zero-order chi connectivity index (χ0) is 19.4. The normalized spacial score (nSPS) is 20.4. The number of hydrogen-bond donors (Lipinski definition) is 2. The molecule has 0 radical (unpaired) electrons. The Morgan fingerprint density at radius 2 is 1.59 bits per heavy atom. The van der Waals surface area contributed by atoms with Gasteiger partial charge in [0, 0.05) is 11.1 Å². The van der Waals surface area contributed by atoms with Gasteiger partial charge in [-0.05, 0) is 35.9 Å². The van der Waals surface area contributed by atoms with E-state index in [2.05, 4.69) is 0 Å². The number of aromatic hydroxyl groups is 2. The molecule has 0 bridgehead atoms. The van der Waals surface area contributed by atoms with Crippen LogP contribution in [0.3, 0.4) is 0 Å². The first-order valence-electron chi connectivity index (χ1n) is 7.79. The highest BCUT2D eigenvalue weighted by molar-refractivity contribution is 7.87. The Labute approximate surface area is 165 Å². The summed E-state index contributed by atoms with van der Waals surface area (Å²) in [4.78, 5) is 0.0124. The topological polar surface area (TPSA) is 83.8 Å². The van der Waals surface area contributed by atoms with Gasteiger partial charge in [0.05, 0.1) is 10.0 Å². The van der Waals surface area contributed by atoms with E-state index < -0.39 is 15.7 Å². The summed E-state index contributed by atoms with van der Waals surface area (Å²) in [7, 11) is -4.09. The standard InChI is InChI=1S/C19H12Cl2O5S/c20-15-10-12(22)6-7-13(15)19(11-5-8-17(23)16(21)9-11)14-3-1-2-4-18(14)27(24,25)26-19/h1-10,22-23H. The van der Waals surface area contributed by atoms with Gasteiger partial charge in [-0.15, -0.1) is 0 Å². The van der Waals surface area contributed by atoms with Crippen molar-refractivity contribution in [2.24, 2.45) is 0 Å². The second kappa shape index (κ2) is 6.14. The van der Waals surface area contributed by atoms with Gasteiger partial charge < -0.3 is 10.2 Å². The Bertz CT molecular complexity index is 1180. The monoisotopic (exact) mass is 422 g/mol. The molecule has 4 rings (SSSR count). The number of hydrogen-bond acceptors (Lipinski definition) is 5. The number of fused-ring (bicyclic) bond motifs is 1. The molecule has 0 aliphatic carbocycles. The molecule has 1 aliphatic heterocycles. The fourth-order valence-corrected chi connectivity index (χ4v) is 5.20. The van der Waals surface area contributed by atoms with Crippen molar-refractivity contribution in [2.45, 2.75) is 10.5 Å². The molecule has 0 saturated carbocycles. The molecule has 1 unspecified atom stereocenters. The minimum Gasteiger partial charge on any atom is -0.508 e. The first-order chi connectivity index (χ1) is 12.8. The number of phenolic OH excluding ortho intramolecular Hbond substituents is 2. The molecule has 0 spiro atoms.